The average molecular weight is 687 g/mol. The van der Waals surface area contributed by atoms with Crippen molar-refractivity contribution in [3.63, 3.8) is 0 Å². The van der Waals surface area contributed by atoms with Gasteiger partial charge in [0.15, 0.2) is 11.7 Å². The Kier molecular flexibility index (Phi) is 8.11. The smallest absolute Gasteiger partial charge is 0.161 e. The van der Waals surface area contributed by atoms with Crippen molar-refractivity contribution in [1.29, 1.82) is 0 Å². The van der Waals surface area contributed by atoms with Crippen LogP contribution in [-0.2, 0) is 6.67 Å². The van der Waals surface area contributed by atoms with Crippen molar-refractivity contribution in [2.45, 2.75) is 13.6 Å². The Bertz CT molecular complexity index is 2880. The third kappa shape index (κ3) is 5.34. The van der Waals surface area contributed by atoms with Gasteiger partial charge in [-0.25, -0.2) is 15.0 Å². The average Bonchev–Trinajstić information content (AvgIpc) is 3.76. The molecular formula is C47H34N4S. The number of amidine groups is 2. The molecule has 0 aliphatic rings. The molecule has 2 aromatic heterocycles. The largest absolute Gasteiger partial charge is 0.319 e. The molecule has 0 spiro atoms. The highest BCUT2D eigenvalue weighted by Crippen LogP contribution is 2.48. The van der Waals surface area contributed by atoms with E-state index in [2.05, 4.69) is 126 Å². The number of thiophene rings is 1. The first kappa shape index (κ1) is 31.5. The number of hydrogen-bond acceptors (Lipinski definition) is 2. The monoisotopic (exact) mass is 686 g/mol. The topological polar surface area (TPSA) is 42.0 Å². The number of fused-ring (bicyclic) bond motifs is 10. The highest BCUT2D eigenvalue weighted by Gasteiger charge is 2.22. The number of benzene rings is 7. The van der Waals surface area contributed by atoms with Crippen LogP contribution in [0, 0.1) is 0 Å². The van der Waals surface area contributed by atoms with Crippen molar-refractivity contribution in [3.05, 3.63) is 174 Å². The fourth-order valence-corrected chi connectivity index (χ4v) is 8.75. The Labute approximate surface area is 306 Å². The molecule has 248 valence electrons. The second-order valence-electron chi connectivity index (χ2n) is 12.8. The van der Waals surface area contributed by atoms with Crippen molar-refractivity contribution in [2.75, 3.05) is 0 Å². The van der Waals surface area contributed by atoms with Crippen LogP contribution in [-0.4, -0.2) is 23.0 Å². The van der Waals surface area contributed by atoms with Crippen LogP contribution in [0.1, 0.15) is 23.6 Å². The minimum absolute atomic E-state index is 0.358. The van der Waals surface area contributed by atoms with Gasteiger partial charge in [0, 0.05) is 47.5 Å². The summed E-state index contributed by atoms with van der Waals surface area (Å²) in [4.78, 5) is 14.7. The van der Waals surface area contributed by atoms with E-state index in [-0.39, 0.29) is 0 Å². The number of rotatable bonds is 6. The van der Waals surface area contributed by atoms with E-state index < -0.39 is 0 Å². The molecule has 0 atom stereocenters. The zero-order chi connectivity index (χ0) is 35.0. The Morgan fingerprint density at radius 2 is 1.27 bits per heavy atom. The molecule has 0 bridgehead atoms. The van der Waals surface area contributed by atoms with E-state index in [0.717, 1.165) is 16.6 Å². The molecule has 0 unspecified atom stereocenters. The van der Waals surface area contributed by atoms with E-state index in [1.54, 1.807) is 0 Å². The predicted molar refractivity (Wildman–Crippen MR) is 225 cm³/mol. The minimum Gasteiger partial charge on any atom is -0.319 e. The van der Waals surface area contributed by atoms with Crippen molar-refractivity contribution >= 4 is 88.6 Å². The van der Waals surface area contributed by atoms with Gasteiger partial charge < -0.3 is 4.57 Å². The van der Waals surface area contributed by atoms with Crippen LogP contribution < -0.4 is 0 Å². The van der Waals surface area contributed by atoms with Gasteiger partial charge in [0.2, 0.25) is 0 Å². The Morgan fingerprint density at radius 3 is 1.98 bits per heavy atom. The summed E-state index contributed by atoms with van der Waals surface area (Å²) in [6.45, 7) is 6.31. The fourth-order valence-electron chi connectivity index (χ4n) is 7.41. The van der Waals surface area contributed by atoms with Gasteiger partial charge >= 0.3 is 0 Å². The zero-order valence-electron chi connectivity index (χ0n) is 28.7. The third-order valence-electron chi connectivity index (χ3n) is 9.73. The molecule has 9 aromatic rings. The highest BCUT2D eigenvalue weighted by molar-refractivity contribution is 7.27. The maximum atomic E-state index is 5.33. The van der Waals surface area contributed by atoms with Crippen molar-refractivity contribution in [1.82, 2.24) is 4.57 Å². The van der Waals surface area contributed by atoms with Crippen LogP contribution in [0.4, 0.5) is 0 Å². The summed E-state index contributed by atoms with van der Waals surface area (Å²) in [7, 11) is 0. The summed E-state index contributed by atoms with van der Waals surface area (Å²) in [5.41, 5.74) is 7.73. The van der Waals surface area contributed by atoms with Gasteiger partial charge in [0.25, 0.3) is 0 Å². The van der Waals surface area contributed by atoms with Crippen LogP contribution >= 0.6 is 11.3 Å². The van der Waals surface area contributed by atoms with E-state index in [9.17, 15) is 0 Å². The highest BCUT2D eigenvalue weighted by atomic mass is 32.1. The molecule has 0 radical (unpaired) electrons. The first-order valence-corrected chi connectivity index (χ1v) is 18.3. The van der Waals surface area contributed by atoms with Crippen LogP contribution in [0.15, 0.2) is 173 Å². The summed E-state index contributed by atoms with van der Waals surface area (Å²) in [6, 6.07) is 53.1. The molecular weight excluding hydrogens is 653 g/mol. The summed E-state index contributed by atoms with van der Waals surface area (Å²) >= 11 is 1.88. The van der Waals surface area contributed by atoms with Gasteiger partial charge in [-0.1, -0.05) is 152 Å². The lowest BCUT2D eigenvalue weighted by Crippen LogP contribution is -2.07. The normalized spacial score (nSPS) is 12.6. The number of nitrogens with zero attached hydrogens (tertiary/aromatic N) is 4. The molecule has 0 amide bonds. The molecule has 2 heterocycles. The van der Waals surface area contributed by atoms with Gasteiger partial charge in [-0.2, -0.15) is 0 Å². The molecule has 0 N–H and O–H groups in total. The summed E-state index contributed by atoms with van der Waals surface area (Å²) in [6.07, 6.45) is 4.34. The molecule has 0 saturated carbocycles. The van der Waals surface area contributed by atoms with Crippen molar-refractivity contribution < 1.29 is 0 Å². The Balaban J connectivity index is 1.39. The molecule has 5 heteroatoms. The Hall–Kier alpha value is -6.43. The quantitative estimate of drug-likeness (QED) is 0.123. The number of aromatic nitrogens is 1. The predicted octanol–water partition coefficient (Wildman–Crippen LogP) is 12.6. The first-order valence-electron chi connectivity index (χ1n) is 17.4. The number of aliphatic imine (C=N–C) groups is 3. The van der Waals surface area contributed by atoms with Crippen LogP contribution in [0.2, 0.25) is 0 Å². The van der Waals surface area contributed by atoms with E-state index in [1.807, 2.05) is 72.0 Å². The maximum Gasteiger partial charge on any atom is 0.161 e. The summed E-state index contributed by atoms with van der Waals surface area (Å²) in [5, 5.41) is 7.47. The second-order valence-corrected chi connectivity index (χ2v) is 13.8. The minimum atomic E-state index is 0.358. The second kappa shape index (κ2) is 13.4. The molecule has 0 fully saturated rings. The lowest BCUT2D eigenvalue weighted by Gasteiger charge is -2.10. The molecule has 9 rings (SSSR count). The van der Waals surface area contributed by atoms with E-state index in [0.29, 0.717) is 18.3 Å². The molecule has 0 aliphatic heterocycles. The summed E-state index contributed by atoms with van der Waals surface area (Å²) < 4.78 is 4.97. The van der Waals surface area contributed by atoms with E-state index in [4.69, 9.17) is 9.98 Å². The van der Waals surface area contributed by atoms with Gasteiger partial charge in [-0.05, 0) is 47.9 Å². The summed E-state index contributed by atoms with van der Waals surface area (Å²) in [5.74, 6) is 1.14. The maximum absolute atomic E-state index is 5.33. The third-order valence-corrected chi connectivity index (χ3v) is 11.0. The van der Waals surface area contributed by atoms with Crippen LogP contribution in [0.5, 0.6) is 0 Å². The van der Waals surface area contributed by atoms with Crippen LogP contribution in [0.25, 0.3) is 70.0 Å². The lowest BCUT2D eigenvalue weighted by atomic mass is 9.97. The number of allylic oxidation sites excluding steroid dienone is 1. The van der Waals surface area contributed by atoms with E-state index in [1.165, 1.54) is 63.9 Å². The number of hydrogen-bond donors (Lipinski definition) is 0. The molecule has 7 aromatic carbocycles. The fraction of sp³-hybridized carbons (Fsp3) is 0.0426. The van der Waals surface area contributed by atoms with Crippen LogP contribution in [0.3, 0.4) is 0 Å². The molecule has 0 saturated heterocycles. The van der Waals surface area contributed by atoms with Crippen molar-refractivity contribution in [3.8, 4) is 11.1 Å². The molecule has 0 aliphatic carbocycles. The molecule has 52 heavy (non-hydrogen) atoms. The lowest BCUT2D eigenvalue weighted by molar-refractivity contribution is 0.793. The van der Waals surface area contributed by atoms with Gasteiger partial charge in [-0.3, -0.25) is 0 Å². The first-order chi connectivity index (χ1) is 25.7. The standard InChI is InChI=1S/C47H34N4S/c1-3-16-32-23-15-26-38-42-43-41(36-24-13-14-25-37(36)45(42)52-44(32)38)39-29-35(31-17-7-4-8-18-31)27-28-40(39)51(43)30-49-47(34-21-11-6-12-22-34)50-46(48-2)33-19-9-5-10-20-33/h3-29H,2,30H2,1H3/b16-3+,49-47-,50-46?. The zero-order valence-corrected chi connectivity index (χ0v) is 29.5. The SMILES string of the molecule is C=NC(=N/C(=N\Cn1c2ccc(-c3ccccc3)cc2c2c3ccccc3c3sc4c(/C=C/C)cccc4c3c21)c1ccccc1)c1ccccc1. The van der Waals surface area contributed by atoms with Gasteiger partial charge in [-0.15, -0.1) is 11.3 Å². The van der Waals surface area contributed by atoms with Gasteiger partial charge in [0.1, 0.15) is 6.67 Å². The Morgan fingerprint density at radius 1 is 0.615 bits per heavy atom. The van der Waals surface area contributed by atoms with E-state index >= 15 is 0 Å². The van der Waals surface area contributed by atoms with Crippen molar-refractivity contribution in [2.24, 2.45) is 15.0 Å². The van der Waals surface area contributed by atoms with Gasteiger partial charge in [0.05, 0.1) is 11.0 Å². The molecule has 4 nitrogen and oxygen atoms in total.